The van der Waals surface area contributed by atoms with E-state index >= 15 is 0 Å². The molecule has 31 heavy (non-hydrogen) atoms. The second kappa shape index (κ2) is 9.09. The van der Waals surface area contributed by atoms with Gasteiger partial charge in [0, 0.05) is 42.5 Å². The lowest BCUT2D eigenvalue weighted by atomic mass is 9.91. The molecule has 1 amide bonds. The normalized spacial score (nSPS) is 14.6. The van der Waals surface area contributed by atoms with Crippen LogP contribution >= 0.6 is 0 Å². The zero-order valence-electron chi connectivity index (χ0n) is 19.0. The van der Waals surface area contributed by atoms with E-state index in [0.717, 1.165) is 49.3 Å². The van der Waals surface area contributed by atoms with Crippen molar-refractivity contribution in [2.75, 3.05) is 13.1 Å². The third-order valence-corrected chi connectivity index (χ3v) is 6.11. The summed E-state index contributed by atoms with van der Waals surface area (Å²) in [6.45, 7) is 9.05. The summed E-state index contributed by atoms with van der Waals surface area (Å²) < 4.78 is 2.34. The first-order valence-corrected chi connectivity index (χ1v) is 11.4. The lowest BCUT2D eigenvalue weighted by Gasteiger charge is -2.27. The molecule has 0 bridgehead atoms. The van der Waals surface area contributed by atoms with Crippen LogP contribution in [0.3, 0.4) is 0 Å². The minimum atomic E-state index is -0.0827. The molecule has 2 aromatic heterocycles. The summed E-state index contributed by atoms with van der Waals surface area (Å²) in [7, 11) is 0. The molecule has 1 aromatic carbocycles. The second-order valence-electron chi connectivity index (χ2n) is 9.56. The fourth-order valence-corrected chi connectivity index (χ4v) is 4.48. The van der Waals surface area contributed by atoms with E-state index < -0.39 is 0 Å². The number of piperidine rings is 1. The highest BCUT2D eigenvalue weighted by Crippen LogP contribution is 2.31. The Balaban J connectivity index is 1.83. The van der Waals surface area contributed by atoms with Gasteiger partial charge in [-0.15, -0.1) is 0 Å². The molecule has 3 heterocycles. The Kier molecular flexibility index (Phi) is 6.26. The summed E-state index contributed by atoms with van der Waals surface area (Å²) in [5.74, 6) is 0.177. The molecule has 1 saturated heterocycles. The number of hydrogen-bond acceptors (Lipinski definition) is 2. The van der Waals surface area contributed by atoms with E-state index in [2.05, 4.69) is 66.7 Å². The minimum absolute atomic E-state index is 0.0827. The first-order chi connectivity index (χ1) is 14.9. The Morgan fingerprint density at radius 1 is 0.968 bits per heavy atom. The molecule has 0 aliphatic carbocycles. The summed E-state index contributed by atoms with van der Waals surface area (Å²) in [5, 5.41) is 0. The van der Waals surface area contributed by atoms with E-state index in [-0.39, 0.29) is 11.3 Å². The van der Waals surface area contributed by atoms with Crippen LogP contribution in [-0.2, 0) is 18.4 Å². The van der Waals surface area contributed by atoms with Crippen LogP contribution in [-0.4, -0.2) is 33.4 Å². The van der Waals surface area contributed by atoms with Crippen LogP contribution in [0.1, 0.15) is 73.0 Å². The van der Waals surface area contributed by atoms with Gasteiger partial charge in [0.1, 0.15) is 0 Å². The molecule has 4 nitrogen and oxygen atoms in total. The van der Waals surface area contributed by atoms with Crippen molar-refractivity contribution >= 4 is 5.91 Å². The van der Waals surface area contributed by atoms with Crippen molar-refractivity contribution in [1.82, 2.24) is 14.5 Å². The lowest BCUT2D eigenvalue weighted by molar-refractivity contribution is 0.0723. The maximum absolute atomic E-state index is 13.7. The van der Waals surface area contributed by atoms with Crippen molar-refractivity contribution in [2.24, 2.45) is 0 Å². The first-order valence-electron chi connectivity index (χ1n) is 11.4. The molecule has 1 aliphatic heterocycles. The van der Waals surface area contributed by atoms with Crippen molar-refractivity contribution in [3.63, 3.8) is 0 Å². The van der Waals surface area contributed by atoms with Crippen LogP contribution in [0.15, 0.2) is 60.8 Å². The Labute approximate surface area is 185 Å². The fraction of sp³-hybridized carbons (Fsp3) is 0.407. The number of pyridine rings is 1. The molecule has 4 heteroatoms. The molecule has 0 unspecified atom stereocenters. The summed E-state index contributed by atoms with van der Waals surface area (Å²) >= 11 is 0. The summed E-state index contributed by atoms with van der Waals surface area (Å²) in [5.41, 5.74) is 5.28. The first kappa shape index (κ1) is 21.4. The highest BCUT2D eigenvalue weighted by Gasteiger charge is 2.29. The number of amides is 1. The molecule has 0 spiro atoms. The van der Waals surface area contributed by atoms with E-state index in [0.29, 0.717) is 6.54 Å². The van der Waals surface area contributed by atoms with Gasteiger partial charge in [0.25, 0.3) is 5.91 Å². The Morgan fingerprint density at radius 3 is 2.32 bits per heavy atom. The zero-order valence-corrected chi connectivity index (χ0v) is 19.0. The predicted octanol–water partition coefficient (Wildman–Crippen LogP) is 5.45. The van der Waals surface area contributed by atoms with Gasteiger partial charge >= 0.3 is 0 Å². The molecular formula is C27H33N3O. The SMILES string of the molecule is CC(C)(C)c1cc(C(=O)N2CCCCC2)c(Cc2ccccc2)n1Cc1ccccn1. The van der Waals surface area contributed by atoms with Crippen LogP contribution in [0.5, 0.6) is 0 Å². The summed E-state index contributed by atoms with van der Waals surface area (Å²) in [4.78, 5) is 20.3. The minimum Gasteiger partial charge on any atom is -0.341 e. The number of likely N-dealkylation sites (tertiary alicyclic amines) is 1. The monoisotopic (exact) mass is 415 g/mol. The lowest BCUT2D eigenvalue weighted by Crippen LogP contribution is -2.36. The molecular weight excluding hydrogens is 382 g/mol. The van der Waals surface area contributed by atoms with Gasteiger partial charge in [-0.3, -0.25) is 9.78 Å². The summed E-state index contributed by atoms with van der Waals surface area (Å²) in [6, 6.07) is 18.6. The van der Waals surface area contributed by atoms with Crippen LogP contribution in [0.2, 0.25) is 0 Å². The second-order valence-corrected chi connectivity index (χ2v) is 9.56. The zero-order chi connectivity index (χ0) is 21.8. The van der Waals surface area contributed by atoms with E-state index in [1.807, 2.05) is 29.3 Å². The highest BCUT2D eigenvalue weighted by atomic mass is 16.2. The number of nitrogens with zero attached hydrogens (tertiary/aromatic N) is 3. The quantitative estimate of drug-likeness (QED) is 0.556. The van der Waals surface area contributed by atoms with Crippen LogP contribution < -0.4 is 0 Å². The maximum atomic E-state index is 13.7. The summed E-state index contributed by atoms with van der Waals surface area (Å²) in [6.07, 6.45) is 5.99. The number of carbonyl (C=O) groups is 1. The Bertz CT molecular complexity index is 1010. The van der Waals surface area contributed by atoms with Gasteiger partial charge in [0.15, 0.2) is 0 Å². The van der Waals surface area contributed by atoms with Crippen LogP contribution in [0.25, 0.3) is 0 Å². The van der Waals surface area contributed by atoms with Gasteiger partial charge in [-0.25, -0.2) is 0 Å². The van der Waals surface area contributed by atoms with Gasteiger partial charge in [-0.1, -0.05) is 57.2 Å². The van der Waals surface area contributed by atoms with Crippen molar-refractivity contribution in [2.45, 2.75) is 58.4 Å². The number of aromatic nitrogens is 2. The standard InChI is InChI=1S/C27H33N3O/c1-27(2,3)25-19-23(26(31)29-16-10-5-11-17-29)24(18-21-12-6-4-7-13-21)30(25)20-22-14-8-9-15-28-22/h4,6-9,12-15,19H,5,10-11,16-18,20H2,1-3H3. The number of hydrogen-bond donors (Lipinski definition) is 0. The Hall–Kier alpha value is -2.88. The van der Waals surface area contributed by atoms with Gasteiger partial charge < -0.3 is 9.47 Å². The average molecular weight is 416 g/mol. The van der Waals surface area contributed by atoms with Crippen molar-refractivity contribution < 1.29 is 4.79 Å². The molecule has 1 aliphatic rings. The van der Waals surface area contributed by atoms with E-state index in [1.165, 1.54) is 17.7 Å². The molecule has 0 atom stereocenters. The van der Waals surface area contributed by atoms with Crippen molar-refractivity contribution in [3.05, 3.63) is 89.0 Å². The average Bonchev–Trinajstić information content (AvgIpc) is 3.13. The molecule has 3 aromatic rings. The molecule has 4 rings (SSSR count). The molecule has 0 radical (unpaired) electrons. The van der Waals surface area contributed by atoms with Gasteiger partial charge in [-0.2, -0.15) is 0 Å². The molecule has 162 valence electrons. The molecule has 1 fully saturated rings. The van der Waals surface area contributed by atoms with Gasteiger partial charge in [0.2, 0.25) is 0 Å². The topological polar surface area (TPSA) is 38.1 Å². The highest BCUT2D eigenvalue weighted by molar-refractivity contribution is 5.96. The van der Waals surface area contributed by atoms with Crippen molar-refractivity contribution in [1.29, 1.82) is 0 Å². The van der Waals surface area contributed by atoms with Crippen LogP contribution in [0, 0.1) is 0 Å². The van der Waals surface area contributed by atoms with E-state index in [1.54, 1.807) is 0 Å². The van der Waals surface area contributed by atoms with Crippen molar-refractivity contribution in [3.8, 4) is 0 Å². The third kappa shape index (κ3) is 4.90. The predicted molar refractivity (Wildman–Crippen MR) is 125 cm³/mol. The Morgan fingerprint density at radius 2 is 1.68 bits per heavy atom. The van der Waals surface area contributed by atoms with E-state index in [9.17, 15) is 4.79 Å². The third-order valence-electron chi connectivity index (χ3n) is 6.11. The van der Waals surface area contributed by atoms with Gasteiger partial charge in [0.05, 0.1) is 17.8 Å². The molecule has 0 saturated carbocycles. The number of carbonyl (C=O) groups excluding carboxylic acids is 1. The van der Waals surface area contributed by atoms with Crippen LogP contribution in [0.4, 0.5) is 0 Å². The smallest absolute Gasteiger partial charge is 0.255 e. The largest absolute Gasteiger partial charge is 0.341 e. The fourth-order valence-electron chi connectivity index (χ4n) is 4.48. The number of rotatable bonds is 5. The van der Waals surface area contributed by atoms with Gasteiger partial charge in [-0.05, 0) is 43.0 Å². The maximum Gasteiger partial charge on any atom is 0.255 e. The molecule has 0 N–H and O–H groups in total. The van der Waals surface area contributed by atoms with E-state index in [4.69, 9.17) is 0 Å². The number of benzene rings is 1.